The van der Waals surface area contributed by atoms with Crippen LogP contribution in [0, 0.1) is 0 Å². The van der Waals surface area contributed by atoms with Crippen molar-refractivity contribution < 1.29 is 4.42 Å². The Hall–Kier alpha value is -2.01. The van der Waals surface area contributed by atoms with E-state index in [-0.39, 0.29) is 0 Å². The molecule has 0 aliphatic carbocycles. The number of fused-ring (bicyclic) bond motifs is 1. The third-order valence-electron chi connectivity index (χ3n) is 2.38. The highest BCUT2D eigenvalue weighted by Gasteiger charge is 2.12. The third-order valence-corrected chi connectivity index (χ3v) is 2.62. The Morgan fingerprint density at radius 2 is 2.19 bits per heavy atom. The predicted octanol–water partition coefficient (Wildman–Crippen LogP) is 2.06. The molecule has 0 saturated carbocycles. The zero-order valence-electron chi connectivity index (χ0n) is 8.09. The zero-order valence-corrected chi connectivity index (χ0v) is 8.85. The first kappa shape index (κ1) is 9.23. The van der Waals surface area contributed by atoms with Gasteiger partial charge in [0.05, 0.1) is 5.52 Å². The second-order valence-electron chi connectivity index (χ2n) is 3.35. The minimum Gasteiger partial charge on any atom is -0.422 e. The van der Waals surface area contributed by atoms with Crippen molar-refractivity contribution in [1.82, 2.24) is 14.9 Å². The Kier molecular flexibility index (Phi) is 1.87. The van der Waals surface area contributed by atoms with Gasteiger partial charge in [-0.15, -0.1) is 10.2 Å². The van der Waals surface area contributed by atoms with Crippen LogP contribution in [0.1, 0.15) is 0 Å². The maximum absolute atomic E-state index is 5.93. The average molecular weight is 235 g/mol. The average Bonchev–Trinajstić information content (AvgIpc) is 2.87. The van der Waals surface area contributed by atoms with E-state index in [0.717, 1.165) is 10.9 Å². The van der Waals surface area contributed by atoms with Gasteiger partial charge < -0.3 is 10.3 Å². The SMILES string of the molecule is Nn1c(-c2nnco2)cc2ccc(Cl)cc21. The molecule has 0 saturated heterocycles. The van der Waals surface area contributed by atoms with Crippen molar-refractivity contribution in [3.8, 4) is 11.6 Å². The lowest BCUT2D eigenvalue weighted by atomic mass is 10.2. The number of rotatable bonds is 1. The molecule has 0 unspecified atom stereocenters. The van der Waals surface area contributed by atoms with Crippen LogP contribution in [-0.2, 0) is 0 Å². The summed E-state index contributed by atoms with van der Waals surface area (Å²) in [5.41, 5.74) is 1.48. The molecule has 2 N–H and O–H groups in total. The van der Waals surface area contributed by atoms with E-state index in [9.17, 15) is 0 Å². The molecule has 16 heavy (non-hydrogen) atoms. The lowest BCUT2D eigenvalue weighted by Gasteiger charge is -1.99. The molecule has 0 fully saturated rings. The van der Waals surface area contributed by atoms with Gasteiger partial charge in [-0.2, -0.15) is 0 Å². The molecule has 3 aromatic rings. The van der Waals surface area contributed by atoms with Crippen LogP contribution in [0.5, 0.6) is 0 Å². The van der Waals surface area contributed by atoms with Gasteiger partial charge in [0, 0.05) is 10.4 Å². The maximum Gasteiger partial charge on any atom is 0.266 e. The van der Waals surface area contributed by atoms with Gasteiger partial charge in [-0.25, -0.2) is 0 Å². The Bertz CT molecular complexity index is 644. The van der Waals surface area contributed by atoms with Gasteiger partial charge in [0.25, 0.3) is 5.89 Å². The number of halogens is 1. The summed E-state index contributed by atoms with van der Waals surface area (Å²) >= 11 is 5.90. The van der Waals surface area contributed by atoms with Gasteiger partial charge in [-0.3, -0.25) is 4.68 Å². The lowest BCUT2D eigenvalue weighted by Crippen LogP contribution is -2.09. The number of hydrogen-bond acceptors (Lipinski definition) is 4. The first-order valence-electron chi connectivity index (χ1n) is 4.58. The van der Waals surface area contributed by atoms with E-state index in [4.69, 9.17) is 21.9 Å². The molecule has 0 aliphatic heterocycles. The first-order chi connectivity index (χ1) is 7.75. The first-order valence-corrected chi connectivity index (χ1v) is 4.96. The highest BCUT2D eigenvalue weighted by atomic mass is 35.5. The molecule has 0 amide bonds. The highest BCUT2D eigenvalue weighted by Crippen LogP contribution is 2.26. The van der Waals surface area contributed by atoms with Crippen molar-refractivity contribution in [2.45, 2.75) is 0 Å². The van der Waals surface area contributed by atoms with E-state index in [1.165, 1.54) is 11.1 Å². The number of nitrogens with zero attached hydrogens (tertiary/aromatic N) is 3. The van der Waals surface area contributed by atoms with Crippen LogP contribution < -0.4 is 5.84 Å². The monoisotopic (exact) mass is 234 g/mol. The van der Waals surface area contributed by atoms with Crippen LogP contribution in [0.4, 0.5) is 0 Å². The summed E-state index contributed by atoms with van der Waals surface area (Å²) in [6.45, 7) is 0. The second-order valence-corrected chi connectivity index (χ2v) is 3.78. The number of nitrogen functional groups attached to an aromatic ring is 1. The molecule has 0 radical (unpaired) electrons. The Labute approximate surface area is 95.4 Å². The number of hydrogen-bond donors (Lipinski definition) is 1. The van der Waals surface area contributed by atoms with Crippen molar-refractivity contribution in [2.24, 2.45) is 0 Å². The maximum atomic E-state index is 5.93. The molecule has 1 aromatic carbocycles. The highest BCUT2D eigenvalue weighted by molar-refractivity contribution is 6.31. The molecule has 0 aliphatic rings. The van der Waals surface area contributed by atoms with Crippen molar-refractivity contribution in [3.05, 3.63) is 35.7 Å². The molecule has 2 aromatic heterocycles. The lowest BCUT2D eigenvalue weighted by molar-refractivity contribution is 0.564. The van der Waals surface area contributed by atoms with Crippen molar-refractivity contribution >= 4 is 22.5 Å². The summed E-state index contributed by atoms with van der Waals surface area (Å²) < 4.78 is 6.59. The van der Waals surface area contributed by atoms with Gasteiger partial charge >= 0.3 is 0 Å². The Morgan fingerprint density at radius 3 is 2.94 bits per heavy atom. The van der Waals surface area contributed by atoms with Crippen molar-refractivity contribution in [1.29, 1.82) is 0 Å². The molecule has 0 atom stereocenters. The quantitative estimate of drug-likeness (QED) is 0.655. The van der Waals surface area contributed by atoms with E-state index >= 15 is 0 Å². The van der Waals surface area contributed by atoms with E-state index in [1.54, 1.807) is 6.07 Å². The molecule has 3 rings (SSSR count). The van der Waals surface area contributed by atoms with E-state index in [1.807, 2.05) is 18.2 Å². The van der Waals surface area contributed by atoms with Gasteiger partial charge in [0.2, 0.25) is 6.39 Å². The molecule has 0 spiro atoms. The normalized spacial score (nSPS) is 11.1. The summed E-state index contributed by atoms with van der Waals surface area (Å²) in [5, 5.41) is 9.04. The van der Waals surface area contributed by atoms with Crippen LogP contribution in [0.15, 0.2) is 35.1 Å². The Balaban J connectivity index is 2.32. The third kappa shape index (κ3) is 1.25. The minimum absolute atomic E-state index is 0.384. The molecular formula is C10H7ClN4O. The van der Waals surface area contributed by atoms with Crippen LogP contribution >= 0.6 is 11.6 Å². The molecule has 2 heterocycles. The standard InChI is InChI=1S/C10H7ClN4O/c11-7-2-1-6-3-9(10-14-13-5-16-10)15(12)8(6)4-7/h1-5H,12H2. The van der Waals surface area contributed by atoms with Crippen molar-refractivity contribution in [2.75, 3.05) is 5.84 Å². The molecule has 5 nitrogen and oxygen atoms in total. The van der Waals surface area contributed by atoms with Gasteiger partial charge in [0.1, 0.15) is 5.69 Å². The van der Waals surface area contributed by atoms with E-state index in [2.05, 4.69) is 10.2 Å². The van der Waals surface area contributed by atoms with Gasteiger partial charge in [-0.1, -0.05) is 17.7 Å². The largest absolute Gasteiger partial charge is 0.422 e. The molecule has 0 bridgehead atoms. The molecular weight excluding hydrogens is 228 g/mol. The van der Waals surface area contributed by atoms with Crippen LogP contribution in [0.25, 0.3) is 22.5 Å². The van der Waals surface area contributed by atoms with E-state index < -0.39 is 0 Å². The number of benzene rings is 1. The van der Waals surface area contributed by atoms with Crippen LogP contribution in [-0.4, -0.2) is 14.9 Å². The summed E-state index contributed by atoms with van der Waals surface area (Å²) in [7, 11) is 0. The van der Waals surface area contributed by atoms with Crippen LogP contribution in [0.3, 0.4) is 0 Å². The fourth-order valence-corrected chi connectivity index (χ4v) is 1.81. The summed E-state index contributed by atoms with van der Waals surface area (Å²) in [4.78, 5) is 0. The minimum atomic E-state index is 0.384. The molecule has 6 heteroatoms. The fourth-order valence-electron chi connectivity index (χ4n) is 1.64. The van der Waals surface area contributed by atoms with Crippen molar-refractivity contribution in [3.63, 3.8) is 0 Å². The number of nitrogens with two attached hydrogens (primary N) is 1. The summed E-state index contributed by atoms with van der Waals surface area (Å²) in [6, 6.07) is 7.36. The van der Waals surface area contributed by atoms with Gasteiger partial charge in [0.15, 0.2) is 0 Å². The number of aromatic nitrogens is 3. The van der Waals surface area contributed by atoms with Gasteiger partial charge in [-0.05, 0) is 18.2 Å². The second kappa shape index (κ2) is 3.24. The smallest absolute Gasteiger partial charge is 0.266 e. The fraction of sp³-hybridized carbons (Fsp3) is 0. The summed E-state index contributed by atoms with van der Waals surface area (Å²) in [5.74, 6) is 6.31. The molecule has 80 valence electrons. The Morgan fingerprint density at radius 1 is 1.31 bits per heavy atom. The topological polar surface area (TPSA) is 69.9 Å². The van der Waals surface area contributed by atoms with Crippen LogP contribution in [0.2, 0.25) is 5.02 Å². The zero-order chi connectivity index (χ0) is 11.1. The summed E-state index contributed by atoms with van der Waals surface area (Å²) in [6.07, 6.45) is 1.26. The predicted molar refractivity (Wildman–Crippen MR) is 60.4 cm³/mol. The van der Waals surface area contributed by atoms with E-state index in [0.29, 0.717) is 16.6 Å².